The van der Waals surface area contributed by atoms with Crippen molar-refractivity contribution in [1.29, 1.82) is 0 Å². The molecular formula is C20H22N6O. The molecule has 0 saturated carbocycles. The monoisotopic (exact) mass is 362 g/mol. The van der Waals surface area contributed by atoms with Crippen LogP contribution < -0.4 is 5.32 Å². The first-order chi connectivity index (χ1) is 13.3. The van der Waals surface area contributed by atoms with Crippen LogP contribution in [0.25, 0.3) is 5.69 Å². The van der Waals surface area contributed by atoms with E-state index in [2.05, 4.69) is 49.5 Å². The molecule has 27 heavy (non-hydrogen) atoms. The number of amides is 1. The lowest BCUT2D eigenvalue weighted by Crippen LogP contribution is -2.37. The normalized spacial score (nSPS) is 15.6. The van der Waals surface area contributed by atoms with Gasteiger partial charge in [-0.1, -0.05) is 12.1 Å². The topological polar surface area (TPSA) is 75.9 Å². The number of hydrogen-bond acceptors (Lipinski definition) is 5. The van der Waals surface area contributed by atoms with Crippen LogP contribution in [0.3, 0.4) is 0 Å². The van der Waals surface area contributed by atoms with Crippen LogP contribution in [0.5, 0.6) is 0 Å². The van der Waals surface area contributed by atoms with Crippen LogP contribution in [0.15, 0.2) is 61.2 Å². The highest BCUT2D eigenvalue weighted by atomic mass is 16.2. The minimum absolute atomic E-state index is 0.0180. The van der Waals surface area contributed by atoms with Crippen LogP contribution in [0.4, 0.5) is 5.95 Å². The van der Waals surface area contributed by atoms with Gasteiger partial charge >= 0.3 is 0 Å². The van der Waals surface area contributed by atoms with Crippen molar-refractivity contribution in [2.24, 2.45) is 5.92 Å². The molecule has 0 unspecified atom stereocenters. The summed E-state index contributed by atoms with van der Waals surface area (Å²) >= 11 is 0. The van der Waals surface area contributed by atoms with Crippen LogP contribution in [-0.2, 0) is 11.3 Å². The highest BCUT2D eigenvalue weighted by Crippen LogP contribution is 2.20. The zero-order chi connectivity index (χ0) is 18.5. The fourth-order valence-electron chi connectivity index (χ4n) is 3.36. The molecule has 0 aliphatic carbocycles. The summed E-state index contributed by atoms with van der Waals surface area (Å²) < 4.78 is 1.85. The third-order valence-corrected chi connectivity index (χ3v) is 4.87. The van der Waals surface area contributed by atoms with Crippen molar-refractivity contribution in [3.8, 4) is 5.69 Å². The summed E-state index contributed by atoms with van der Waals surface area (Å²) in [5, 5.41) is 7.05. The molecular weight excluding hydrogens is 340 g/mol. The van der Waals surface area contributed by atoms with Gasteiger partial charge in [-0.15, -0.1) is 0 Å². The second-order valence-electron chi connectivity index (χ2n) is 6.73. The van der Waals surface area contributed by atoms with Gasteiger partial charge in [0, 0.05) is 37.3 Å². The Balaban J connectivity index is 1.27. The maximum Gasteiger partial charge on any atom is 0.229 e. The Kier molecular flexibility index (Phi) is 5.20. The van der Waals surface area contributed by atoms with Gasteiger partial charge in [-0.2, -0.15) is 5.10 Å². The quantitative estimate of drug-likeness (QED) is 0.755. The predicted molar refractivity (Wildman–Crippen MR) is 102 cm³/mol. The Hall–Kier alpha value is -3.06. The number of rotatable bonds is 5. The molecule has 1 N–H and O–H groups in total. The molecule has 1 fully saturated rings. The Morgan fingerprint density at radius 3 is 2.44 bits per heavy atom. The molecule has 3 aromatic rings. The number of hydrogen-bond donors (Lipinski definition) is 1. The molecule has 0 radical (unpaired) electrons. The van der Waals surface area contributed by atoms with E-state index in [1.165, 1.54) is 5.56 Å². The van der Waals surface area contributed by atoms with E-state index in [9.17, 15) is 4.79 Å². The van der Waals surface area contributed by atoms with Crippen LogP contribution >= 0.6 is 0 Å². The Bertz CT molecular complexity index is 855. The van der Waals surface area contributed by atoms with Crippen molar-refractivity contribution >= 4 is 11.9 Å². The first-order valence-electron chi connectivity index (χ1n) is 9.17. The molecule has 138 valence electrons. The lowest BCUT2D eigenvalue weighted by Gasteiger charge is -2.31. The van der Waals surface area contributed by atoms with Gasteiger partial charge in [-0.05, 0) is 55.8 Å². The molecule has 7 heteroatoms. The zero-order valence-electron chi connectivity index (χ0n) is 15.0. The molecule has 7 nitrogen and oxygen atoms in total. The maximum absolute atomic E-state index is 12.4. The molecule has 3 heterocycles. The lowest BCUT2D eigenvalue weighted by molar-refractivity contribution is -0.121. The molecule has 1 saturated heterocycles. The molecule has 0 bridgehead atoms. The van der Waals surface area contributed by atoms with Crippen molar-refractivity contribution in [2.75, 3.05) is 18.4 Å². The van der Waals surface area contributed by atoms with Gasteiger partial charge in [0.1, 0.15) is 0 Å². The van der Waals surface area contributed by atoms with Crippen molar-refractivity contribution < 1.29 is 4.79 Å². The third-order valence-electron chi connectivity index (χ3n) is 4.87. The van der Waals surface area contributed by atoms with Crippen LogP contribution in [-0.4, -0.2) is 43.6 Å². The van der Waals surface area contributed by atoms with Crippen molar-refractivity contribution in [3.05, 3.63) is 66.7 Å². The number of carbonyl (C=O) groups excluding carboxylic acids is 1. The van der Waals surface area contributed by atoms with Gasteiger partial charge in [0.25, 0.3) is 0 Å². The summed E-state index contributed by atoms with van der Waals surface area (Å²) in [4.78, 5) is 22.9. The molecule has 4 rings (SSSR count). The summed E-state index contributed by atoms with van der Waals surface area (Å²) in [6.45, 7) is 2.72. The molecule has 0 atom stereocenters. The Morgan fingerprint density at radius 1 is 1.04 bits per heavy atom. The summed E-state index contributed by atoms with van der Waals surface area (Å²) in [6, 6.07) is 12.1. The smallest absolute Gasteiger partial charge is 0.229 e. The molecule has 2 aromatic heterocycles. The first kappa shape index (κ1) is 17.4. The van der Waals surface area contributed by atoms with Crippen LogP contribution in [0, 0.1) is 5.92 Å². The minimum atomic E-state index is 0.0180. The number of likely N-dealkylation sites (tertiary alicyclic amines) is 1. The second-order valence-corrected chi connectivity index (χ2v) is 6.73. The van der Waals surface area contributed by atoms with Gasteiger partial charge in [0.05, 0.1) is 5.69 Å². The van der Waals surface area contributed by atoms with Gasteiger partial charge in [-0.3, -0.25) is 15.0 Å². The highest BCUT2D eigenvalue weighted by molar-refractivity contribution is 5.90. The summed E-state index contributed by atoms with van der Waals surface area (Å²) in [5.74, 6) is 0.416. The molecule has 1 aliphatic rings. The van der Waals surface area contributed by atoms with Gasteiger partial charge in [0.15, 0.2) is 0 Å². The number of aromatic nitrogens is 4. The fourth-order valence-corrected chi connectivity index (χ4v) is 3.36. The summed E-state index contributed by atoms with van der Waals surface area (Å²) in [6.07, 6.45) is 8.67. The van der Waals surface area contributed by atoms with E-state index in [1.54, 1.807) is 24.7 Å². The maximum atomic E-state index is 12.4. The van der Waals surface area contributed by atoms with Gasteiger partial charge in [-0.25, -0.2) is 14.6 Å². The van der Waals surface area contributed by atoms with Crippen molar-refractivity contribution in [3.63, 3.8) is 0 Å². The van der Waals surface area contributed by atoms with Crippen molar-refractivity contribution in [2.45, 2.75) is 19.4 Å². The van der Waals surface area contributed by atoms with Crippen LogP contribution in [0.1, 0.15) is 18.4 Å². The third kappa shape index (κ3) is 4.38. The number of benzene rings is 1. The molecule has 0 spiro atoms. The van der Waals surface area contributed by atoms with E-state index >= 15 is 0 Å². The lowest BCUT2D eigenvalue weighted by atomic mass is 9.95. The number of anilines is 1. The number of carbonyl (C=O) groups is 1. The average Bonchev–Trinajstić information content (AvgIpc) is 3.25. The van der Waals surface area contributed by atoms with Gasteiger partial charge in [0.2, 0.25) is 11.9 Å². The number of nitrogens with one attached hydrogen (secondary N) is 1. The van der Waals surface area contributed by atoms with E-state index in [0.29, 0.717) is 5.95 Å². The minimum Gasteiger partial charge on any atom is -0.299 e. The molecule has 1 aliphatic heterocycles. The first-order valence-corrected chi connectivity index (χ1v) is 9.17. The zero-order valence-corrected chi connectivity index (χ0v) is 15.0. The van der Waals surface area contributed by atoms with E-state index in [0.717, 1.165) is 38.2 Å². The number of nitrogens with zero attached hydrogens (tertiary/aromatic N) is 5. The second kappa shape index (κ2) is 8.09. The molecule has 1 amide bonds. The molecule has 1 aromatic carbocycles. The fraction of sp³-hybridized carbons (Fsp3) is 0.300. The SMILES string of the molecule is O=C(Nc1ncccn1)C1CCN(Cc2ccc(-n3cccn3)cc2)CC1. The summed E-state index contributed by atoms with van der Waals surface area (Å²) in [7, 11) is 0. The highest BCUT2D eigenvalue weighted by Gasteiger charge is 2.25. The standard InChI is InChI=1S/C20H22N6O/c27-19(24-20-21-9-1-10-22-20)17-7-13-25(14-8-17)15-16-3-5-18(6-4-16)26-12-2-11-23-26/h1-6,9-12,17H,7-8,13-15H2,(H,21,22,24,27). The average molecular weight is 362 g/mol. The van der Waals surface area contributed by atoms with Gasteiger partial charge < -0.3 is 0 Å². The largest absolute Gasteiger partial charge is 0.299 e. The van der Waals surface area contributed by atoms with E-state index < -0.39 is 0 Å². The van der Waals surface area contributed by atoms with Crippen LogP contribution in [0.2, 0.25) is 0 Å². The summed E-state index contributed by atoms with van der Waals surface area (Å²) in [5.41, 5.74) is 2.33. The number of piperidine rings is 1. The Morgan fingerprint density at radius 2 is 1.78 bits per heavy atom. The van der Waals surface area contributed by atoms with E-state index in [-0.39, 0.29) is 11.8 Å². The van der Waals surface area contributed by atoms with E-state index in [1.807, 2.05) is 16.9 Å². The van der Waals surface area contributed by atoms with Crippen molar-refractivity contribution in [1.82, 2.24) is 24.6 Å². The van der Waals surface area contributed by atoms with E-state index in [4.69, 9.17) is 0 Å². The Labute approximate surface area is 158 Å². The predicted octanol–water partition coefficient (Wildman–Crippen LogP) is 2.51.